The number of nitrogens with zero attached hydrogens (tertiary/aromatic N) is 3. The maximum atomic E-state index is 13.0. The van der Waals surface area contributed by atoms with Gasteiger partial charge in [0.15, 0.2) is 0 Å². The molecule has 40 heavy (non-hydrogen) atoms. The number of pyridine rings is 1. The van der Waals surface area contributed by atoms with E-state index in [1.165, 1.54) is 6.20 Å². The third-order valence-electron chi connectivity index (χ3n) is 6.23. The zero-order valence-corrected chi connectivity index (χ0v) is 24.9. The average Bonchev–Trinajstić information content (AvgIpc) is 2.90. The van der Waals surface area contributed by atoms with E-state index in [1.807, 2.05) is 39.8 Å². The molecular formula is C29H34Cl2N4O5. The predicted octanol–water partition coefficient (Wildman–Crippen LogP) is 6.92. The minimum absolute atomic E-state index is 0.213. The van der Waals surface area contributed by atoms with Gasteiger partial charge in [0, 0.05) is 43.8 Å². The molecule has 1 aliphatic rings. The molecule has 1 N–H and O–H groups in total. The lowest BCUT2D eigenvalue weighted by Crippen LogP contribution is -2.50. The molecule has 0 spiro atoms. The van der Waals surface area contributed by atoms with Crippen LogP contribution in [0, 0.1) is 0 Å². The number of fused-ring (bicyclic) bond motifs is 1. The number of carbonyl (C=O) groups is 2. The zero-order valence-electron chi connectivity index (χ0n) is 23.3. The SMILES string of the molecule is CCOC(=O)c1cnc2cc(OCC)c(N3CCN(C(=O)OC(C)(C)C)CC3)cc2c1Nc1cccc(Cl)c1Cl. The van der Waals surface area contributed by atoms with E-state index >= 15 is 0 Å². The Hall–Kier alpha value is -3.43. The van der Waals surface area contributed by atoms with E-state index < -0.39 is 11.6 Å². The number of benzene rings is 2. The van der Waals surface area contributed by atoms with Crippen LogP contribution in [0.5, 0.6) is 5.75 Å². The standard InChI is InChI=1S/C29H34Cl2N4O5/c1-6-38-24-16-22-18(15-23(24)34-11-13-35(14-12-34)28(37)40-29(3,4)5)26(19(17-32-22)27(36)39-7-2)33-21-10-8-9-20(30)25(21)31/h8-10,15-17H,6-7,11-14H2,1-5H3,(H,32,33). The summed E-state index contributed by atoms with van der Waals surface area (Å²) >= 11 is 12.8. The van der Waals surface area contributed by atoms with Crippen LogP contribution in [-0.4, -0.2) is 66.9 Å². The number of hydrogen-bond acceptors (Lipinski definition) is 8. The molecule has 11 heteroatoms. The van der Waals surface area contributed by atoms with Crippen molar-refractivity contribution >= 4 is 63.2 Å². The summed E-state index contributed by atoms with van der Waals surface area (Å²) in [6.45, 7) is 12.0. The first kappa shape index (κ1) is 29.6. The molecule has 9 nitrogen and oxygen atoms in total. The molecule has 0 bridgehead atoms. The summed E-state index contributed by atoms with van der Waals surface area (Å²) in [4.78, 5) is 34.0. The number of anilines is 3. The van der Waals surface area contributed by atoms with Crippen LogP contribution in [-0.2, 0) is 9.47 Å². The molecule has 1 saturated heterocycles. The highest BCUT2D eigenvalue weighted by atomic mass is 35.5. The van der Waals surface area contributed by atoms with E-state index in [1.54, 1.807) is 30.0 Å². The van der Waals surface area contributed by atoms with E-state index in [0.717, 1.165) is 5.69 Å². The average molecular weight is 590 g/mol. The number of aromatic nitrogens is 1. The predicted molar refractivity (Wildman–Crippen MR) is 159 cm³/mol. The van der Waals surface area contributed by atoms with Crippen molar-refractivity contribution in [3.8, 4) is 5.75 Å². The van der Waals surface area contributed by atoms with Gasteiger partial charge in [-0.15, -0.1) is 0 Å². The van der Waals surface area contributed by atoms with Crippen LogP contribution in [0.25, 0.3) is 10.9 Å². The third kappa shape index (κ3) is 6.64. The second-order valence-corrected chi connectivity index (χ2v) is 11.0. The lowest BCUT2D eigenvalue weighted by Gasteiger charge is -2.37. The minimum atomic E-state index is -0.562. The van der Waals surface area contributed by atoms with Crippen LogP contribution < -0.4 is 15.0 Å². The molecule has 2 heterocycles. The van der Waals surface area contributed by atoms with Crippen molar-refractivity contribution in [1.29, 1.82) is 0 Å². The van der Waals surface area contributed by atoms with Crippen molar-refractivity contribution in [1.82, 2.24) is 9.88 Å². The lowest BCUT2D eigenvalue weighted by atomic mass is 10.1. The van der Waals surface area contributed by atoms with Gasteiger partial charge in [-0.3, -0.25) is 4.98 Å². The molecule has 4 rings (SSSR count). The normalized spacial score (nSPS) is 13.8. The summed E-state index contributed by atoms with van der Waals surface area (Å²) < 4.78 is 16.9. The Morgan fingerprint density at radius 2 is 1.77 bits per heavy atom. The summed E-state index contributed by atoms with van der Waals surface area (Å²) in [7, 11) is 0. The van der Waals surface area contributed by atoms with Gasteiger partial charge in [0.25, 0.3) is 0 Å². The smallest absolute Gasteiger partial charge is 0.410 e. The van der Waals surface area contributed by atoms with Crippen LogP contribution in [0.15, 0.2) is 36.5 Å². The molecular weight excluding hydrogens is 555 g/mol. The first-order chi connectivity index (χ1) is 19.0. The fraction of sp³-hybridized carbons (Fsp3) is 0.414. The molecule has 2 aromatic carbocycles. The van der Waals surface area contributed by atoms with Crippen molar-refractivity contribution in [2.75, 3.05) is 49.6 Å². The highest BCUT2D eigenvalue weighted by molar-refractivity contribution is 6.43. The molecule has 0 aliphatic carbocycles. The van der Waals surface area contributed by atoms with E-state index in [-0.39, 0.29) is 18.3 Å². The van der Waals surface area contributed by atoms with Crippen LogP contribution in [0.3, 0.4) is 0 Å². The number of ether oxygens (including phenoxy) is 3. The van der Waals surface area contributed by atoms with Gasteiger partial charge >= 0.3 is 12.1 Å². The monoisotopic (exact) mass is 588 g/mol. The maximum absolute atomic E-state index is 13.0. The van der Waals surface area contributed by atoms with Gasteiger partial charge in [0.05, 0.1) is 45.8 Å². The number of esters is 1. The van der Waals surface area contributed by atoms with Gasteiger partial charge in [-0.25, -0.2) is 9.59 Å². The van der Waals surface area contributed by atoms with Crippen molar-refractivity contribution in [2.24, 2.45) is 0 Å². The fourth-order valence-electron chi connectivity index (χ4n) is 4.42. The fourth-order valence-corrected chi connectivity index (χ4v) is 4.76. The molecule has 0 saturated carbocycles. The molecule has 1 fully saturated rings. The topological polar surface area (TPSA) is 93.2 Å². The zero-order chi connectivity index (χ0) is 29.0. The van der Waals surface area contributed by atoms with E-state index in [4.69, 9.17) is 37.4 Å². The molecule has 214 valence electrons. The number of amides is 1. The Kier molecular flexibility index (Phi) is 9.15. The summed E-state index contributed by atoms with van der Waals surface area (Å²) in [5.41, 5.74) is 2.16. The second-order valence-electron chi connectivity index (χ2n) is 10.2. The number of piperazine rings is 1. The van der Waals surface area contributed by atoms with Crippen LogP contribution >= 0.6 is 23.2 Å². The molecule has 1 amide bonds. The lowest BCUT2D eigenvalue weighted by molar-refractivity contribution is 0.0240. The Labute approximate surface area is 244 Å². The Balaban J connectivity index is 1.77. The highest BCUT2D eigenvalue weighted by Crippen LogP contribution is 2.40. The molecule has 1 aliphatic heterocycles. The van der Waals surface area contributed by atoms with Gasteiger partial charge in [-0.2, -0.15) is 0 Å². The molecule has 1 aromatic heterocycles. The quantitative estimate of drug-likeness (QED) is 0.297. The molecule has 0 atom stereocenters. The Morgan fingerprint density at radius 1 is 1.05 bits per heavy atom. The van der Waals surface area contributed by atoms with Gasteiger partial charge in [0.1, 0.15) is 16.9 Å². The summed E-state index contributed by atoms with van der Waals surface area (Å²) in [5.74, 6) is 0.141. The Morgan fingerprint density at radius 3 is 2.42 bits per heavy atom. The van der Waals surface area contributed by atoms with Crippen molar-refractivity contribution in [3.63, 3.8) is 0 Å². The highest BCUT2D eigenvalue weighted by Gasteiger charge is 2.28. The van der Waals surface area contributed by atoms with Gasteiger partial charge in [0.2, 0.25) is 0 Å². The summed E-state index contributed by atoms with van der Waals surface area (Å²) in [5, 5.41) is 4.69. The Bertz CT molecular complexity index is 1400. The summed E-state index contributed by atoms with van der Waals surface area (Å²) in [6, 6.07) is 9.04. The van der Waals surface area contributed by atoms with Gasteiger partial charge in [-0.05, 0) is 52.8 Å². The molecule has 0 radical (unpaired) electrons. The third-order valence-corrected chi connectivity index (χ3v) is 7.05. The second kappa shape index (κ2) is 12.4. The van der Waals surface area contributed by atoms with E-state index in [2.05, 4.69) is 15.2 Å². The van der Waals surface area contributed by atoms with Crippen LogP contribution in [0.1, 0.15) is 45.0 Å². The maximum Gasteiger partial charge on any atom is 0.410 e. The summed E-state index contributed by atoms with van der Waals surface area (Å²) in [6.07, 6.45) is 1.15. The number of halogens is 2. The van der Waals surface area contributed by atoms with Crippen LogP contribution in [0.4, 0.5) is 21.9 Å². The van der Waals surface area contributed by atoms with E-state index in [0.29, 0.717) is 70.9 Å². The van der Waals surface area contributed by atoms with E-state index in [9.17, 15) is 9.59 Å². The number of nitrogens with one attached hydrogen (secondary N) is 1. The molecule has 3 aromatic rings. The van der Waals surface area contributed by atoms with Gasteiger partial charge in [-0.1, -0.05) is 29.3 Å². The first-order valence-corrected chi connectivity index (χ1v) is 14.0. The van der Waals surface area contributed by atoms with Crippen molar-refractivity contribution in [2.45, 2.75) is 40.2 Å². The number of carbonyl (C=O) groups excluding carboxylic acids is 2. The van der Waals surface area contributed by atoms with Crippen molar-refractivity contribution < 1.29 is 23.8 Å². The van der Waals surface area contributed by atoms with Gasteiger partial charge < -0.3 is 29.3 Å². The first-order valence-electron chi connectivity index (χ1n) is 13.2. The molecule has 0 unspecified atom stereocenters. The largest absolute Gasteiger partial charge is 0.492 e. The number of hydrogen-bond donors (Lipinski definition) is 1. The van der Waals surface area contributed by atoms with Crippen molar-refractivity contribution in [3.05, 3.63) is 52.1 Å². The van der Waals surface area contributed by atoms with Crippen LogP contribution in [0.2, 0.25) is 10.0 Å². The number of rotatable bonds is 7. The minimum Gasteiger partial charge on any atom is -0.492 e.